The number of fused-ring (bicyclic) bond motifs is 1. The molecule has 23 heavy (non-hydrogen) atoms. The zero-order valence-electron chi connectivity index (χ0n) is 13.3. The van der Waals surface area contributed by atoms with Crippen molar-refractivity contribution < 1.29 is 0 Å². The Kier molecular flexibility index (Phi) is 3.24. The molecule has 4 rings (SSSR count). The molecular weight excluding hydrogens is 292 g/mol. The van der Waals surface area contributed by atoms with Gasteiger partial charge in [0.2, 0.25) is 5.96 Å². The van der Waals surface area contributed by atoms with Crippen LogP contribution in [0.1, 0.15) is 19.8 Å². The molecule has 0 bridgehead atoms. The first-order valence-electron chi connectivity index (χ1n) is 7.93. The lowest BCUT2D eigenvalue weighted by molar-refractivity contribution is 0.276. The van der Waals surface area contributed by atoms with Crippen molar-refractivity contribution in [2.75, 3.05) is 18.4 Å². The topological polar surface area (TPSA) is 82.5 Å². The highest BCUT2D eigenvalue weighted by Crippen LogP contribution is 2.26. The number of nitrogens with zero attached hydrogens (tertiary/aromatic N) is 7. The predicted molar refractivity (Wildman–Crippen MR) is 91.4 cm³/mol. The summed E-state index contributed by atoms with van der Waals surface area (Å²) in [7, 11) is 1.88. The van der Waals surface area contributed by atoms with Crippen molar-refractivity contribution in [1.82, 2.24) is 14.7 Å². The fraction of sp³-hybridized carbons (Fsp3) is 0.533. The summed E-state index contributed by atoms with van der Waals surface area (Å²) >= 11 is 0. The van der Waals surface area contributed by atoms with Gasteiger partial charge in [0.05, 0.1) is 12.4 Å². The molecule has 4 heterocycles. The van der Waals surface area contributed by atoms with Crippen LogP contribution >= 0.6 is 0 Å². The van der Waals surface area contributed by atoms with Gasteiger partial charge in [-0.1, -0.05) is 6.92 Å². The largest absolute Gasteiger partial charge is 0.341 e. The molecule has 1 aromatic rings. The Labute approximate surface area is 134 Å². The van der Waals surface area contributed by atoms with E-state index in [9.17, 15) is 0 Å². The molecule has 1 saturated heterocycles. The van der Waals surface area contributed by atoms with Gasteiger partial charge in [0.15, 0.2) is 0 Å². The molecule has 3 aliphatic heterocycles. The lowest BCUT2D eigenvalue weighted by atomic mass is 9.99. The number of nitrogens with one attached hydrogen (secondary N) is 1. The van der Waals surface area contributed by atoms with Crippen LogP contribution in [0.3, 0.4) is 0 Å². The Bertz CT molecular complexity index is 720. The lowest BCUT2D eigenvalue weighted by Gasteiger charge is -2.34. The van der Waals surface area contributed by atoms with Gasteiger partial charge >= 0.3 is 0 Å². The molecular formula is C15H20N8. The van der Waals surface area contributed by atoms with Gasteiger partial charge in [0, 0.05) is 26.2 Å². The van der Waals surface area contributed by atoms with Gasteiger partial charge < -0.3 is 10.2 Å². The molecule has 0 unspecified atom stereocenters. The normalized spacial score (nSPS) is 27.0. The standard InChI is InChI=1S/C15H20N8/c1-11-4-7-23(8-5-11)14-16-9-12-15(21-14,18-10-17-12)20-13-3-6-19-22(13)2/h3,6,9-11,20H,4-5,7-8H2,1-2H3/t15-/m1/s1. The maximum atomic E-state index is 4.80. The molecule has 8 nitrogen and oxygen atoms in total. The molecule has 3 aliphatic rings. The molecule has 1 atom stereocenters. The number of likely N-dealkylation sites (tertiary alicyclic amines) is 1. The SMILES string of the molecule is CC1CCN(C2=N[C@@]3(Nc4ccnn4C)N=CN=C3C=N2)CC1. The van der Waals surface area contributed by atoms with Crippen molar-refractivity contribution in [3.8, 4) is 0 Å². The van der Waals surface area contributed by atoms with E-state index in [1.165, 1.54) is 19.2 Å². The number of guanidine groups is 1. The third-order valence-electron chi connectivity index (χ3n) is 4.55. The summed E-state index contributed by atoms with van der Waals surface area (Å²) in [4.78, 5) is 20.3. The first-order chi connectivity index (χ1) is 11.2. The van der Waals surface area contributed by atoms with Crippen LogP contribution in [-0.2, 0) is 7.05 Å². The molecule has 0 saturated carbocycles. The number of hydrogen-bond acceptors (Lipinski definition) is 7. The summed E-state index contributed by atoms with van der Waals surface area (Å²) in [5, 5.41) is 7.53. The number of hydrogen-bond donors (Lipinski definition) is 1. The van der Waals surface area contributed by atoms with E-state index in [1.54, 1.807) is 17.1 Å². The minimum absolute atomic E-state index is 0.702. The Hall–Kier alpha value is -2.51. The summed E-state index contributed by atoms with van der Waals surface area (Å²) in [6, 6.07) is 1.89. The van der Waals surface area contributed by atoms with Crippen molar-refractivity contribution >= 4 is 30.0 Å². The molecule has 0 amide bonds. The van der Waals surface area contributed by atoms with Crippen LogP contribution in [0.15, 0.2) is 32.2 Å². The zero-order valence-corrected chi connectivity index (χ0v) is 13.3. The number of rotatable bonds is 2. The van der Waals surface area contributed by atoms with Crippen LogP contribution in [0.5, 0.6) is 0 Å². The zero-order chi connectivity index (χ0) is 15.9. The third-order valence-corrected chi connectivity index (χ3v) is 4.55. The molecule has 0 aromatic carbocycles. The maximum absolute atomic E-state index is 4.80. The van der Waals surface area contributed by atoms with Gasteiger partial charge in [-0.3, -0.25) is 4.68 Å². The van der Waals surface area contributed by atoms with Crippen LogP contribution in [0.25, 0.3) is 0 Å². The van der Waals surface area contributed by atoms with E-state index in [4.69, 9.17) is 4.99 Å². The number of aromatic nitrogens is 2. The summed E-state index contributed by atoms with van der Waals surface area (Å²) in [6.07, 6.45) is 7.37. The molecule has 1 aromatic heterocycles. The smallest absolute Gasteiger partial charge is 0.277 e. The van der Waals surface area contributed by atoms with Crippen LogP contribution in [-0.4, -0.2) is 57.8 Å². The highest BCUT2D eigenvalue weighted by molar-refractivity contribution is 6.40. The van der Waals surface area contributed by atoms with Crippen molar-refractivity contribution in [3.05, 3.63) is 12.3 Å². The van der Waals surface area contributed by atoms with E-state index >= 15 is 0 Å². The quantitative estimate of drug-likeness (QED) is 0.889. The van der Waals surface area contributed by atoms with Gasteiger partial charge in [-0.05, 0) is 18.8 Å². The van der Waals surface area contributed by atoms with Gasteiger partial charge in [-0.15, -0.1) is 0 Å². The summed E-state index contributed by atoms with van der Waals surface area (Å²) in [5.74, 6) is 1.41. The van der Waals surface area contributed by atoms with Gasteiger partial charge in [0.1, 0.15) is 17.9 Å². The van der Waals surface area contributed by atoms with Crippen LogP contribution < -0.4 is 5.32 Å². The highest BCUT2D eigenvalue weighted by atomic mass is 15.4. The molecule has 8 heteroatoms. The first kappa shape index (κ1) is 14.1. The Morgan fingerprint density at radius 1 is 1.30 bits per heavy atom. The number of aliphatic imine (C=N–C) groups is 4. The van der Waals surface area contributed by atoms with Crippen molar-refractivity contribution in [2.24, 2.45) is 32.9 Å². The van der Waals surface area contributed by atoms with E-state index in [-0.39, 0.29) is 0 Å². The van der Waals surface area contributed by atoms with Crippen LogP contribution in [0.4, 0.5) is 5.82 Å². The summed E-state index contributed by atoms with van der Waals surface area (Å²) in [5.41, 5.74) is 0.702. The number of aryl methyl sites for hydroxylation is 1. The van der Waals surface area contributed by atoms with Gasteiger partial charge in [-0.25, -0.2) is 15.0 Å². The van der Waals surface area contributed by atoms with Crippen molar-refractivity contribution in [1.29, 1.82) is 0 Å². The summed E-state index contributed by atoms with van der Waals surface area (Å²) in [6.45, 7) is 4.26. The minimum atomic E-state index is -0.923. The first-order valence-corrected chi connectivity index (χ1v) is 7.93. The van der Waals surface area contributed by atoms with E-state index < -0.39 is 5.79 Å². The Morgan fingerprint density at radius 2 is 2.13 bits per heavy atom. The summed E-state index contributed by atoms with van der Waals surface area (Å²) < 4.78 is 1.75. The maximum Gasteiger partial charge on any atom is 0.277 e. The fourth-order valence-electron chi connectivity index (χ4n) is 2.99. The highest BCUT2D eigenvalue weighted by Gasteiger charge is 2.41. The average Bonchev–Trinajstić information content (AvgIpc) is 3.14. The third kappa shape index (κ3) is 2.43. The molecule has 1 fully saturated rings. The molecule has 0 spiro atoms. The second-order valence-corrected chi connectivity index (χ2v) is 6.24. The van der Waals surface area contributed by atoms with E-state index in [0.29, 0.717) is 5.71 Å². The fourth-order valence-corrected chi connectivity index (χ4v) is 2.99. The van der Waals surface area contributed by atoms with E-state index in [0.717, 1.165) is 30.8 Å². The monoisotopic (exact) mass is 312 g/mol. The number of anilines is 1. The average molecular weight is 312 g/mol. The van der Waals surface area contributed by atoms with Crippen molar-refractivity contribution in [2.45, 2.75) is 25.6 Å². The molecule has 0 aliphatic carbocycles. The van der Waals surface area contributed by atoms with Gasteiger partial charge in [0.25, 0.3) is 5.79 Å². The second kappa shape index (κ2) is 5.29. The van der Waals surface area contributed by atoms with Crippen LogP contribution in [0.2, 0.25) is 0 Å². The van der Waals surface area contributed by atoms with Gasteiger partial charge in [-0.2, -0.15) is 10.1 Å². The van der Waals surface area contributed by atoms with Crippen molar-refractivity contribution in [3.63, 3.8) is 0 Å². The molecule has 1 N–H and O–H groups in total. The molecule has 120 valence electrons. The Morgan fingerprint density at radius 3 is 2.87 bits per heavy atom. The number of piperidine rings is 1. The second-order valence-electron chi connectivity index (χ2n) is 6.24. The lowest BCUT2D eigenvalue weighted by Crippen LogP contribution is -2.48. The van der Waals surface area contributed by atoms with Crippen LogP contribution in [0, 0.1) is 5.92 Å². The van der Waals surface area contributed by atoms with E-state index in [1.807, 2.05) is 13.1 Å². The van der Waals surface area contributed by atoms with E-state index in [2.05, 4.69) is 37.2 Å². The molecule has 0 radical (unpaired) electrons. The predicted octanol–water partition coefficient (Wildman–Crippen LogP) is 1.14. The Balaban J connectivity index is 1.64. The minimum Gasteiger partial charge on any atom is -0.341 e.